The summed E-state index contributed by atoms with van der Waals surface area (Å²) >= 11 is 0. The van der Waals surface area contributed by atoms with E-state index in [1.54, 1.807) is 25.3 Å². The summed E-state index contributed by atoms with van der Waals surface area (Å²) in [5, 5.41) is 6.34. The molecule has 9 nitrogen and oxygen atoms in total. The van der Waals surface area contributed by atoms with Crippen molar-refractivity contribution >= 4 is 29.1 Å². The second-order valence-electron chi connectivity index (χ2n) is 10.3. The quantitative estimate of drug-likeness (QED) is 0.465. The Bertz CT molecular complexity index is 1360. The van der Waals surface area contributed by atoms with Gasteiger partial charge in [0.1, 0.15) is 5.75 Å². The summed E-state index contributed by atoms with van der Waals surface area (Å²) < 4.78 is 5.22. The lowest BCUT2D eigenvalue weighted by molar-refractivity contribution is -0.130. The fraction of sp³-hybridized carbons (Fsp3) is 0.344. The third kappa shape index (κ3) is 7.05. The van der Waals surface area contributed by atoms with E-state index >= 15 is 0 Å². The van der Waals surface area contributed by atoms with Gasteiger partial charge in [0.25, 0.3) is 11.8 Å². The van der Waals surface area contributed by atoms with Crippen LogP contribution in [0.2, 0.25) is 0 Å². The number of carbonyl (C=O) groups excluding carboxylic acids is 3. The van der Waals surface area contributed by atoms with Crippen molar-refractivity contribution in [2.24, 2.45) is 0 Å². The summed E-state index contributed by atoms with van der Waals surface area (Å²) in [5.41, 5.74) is 3.48. The van der Waals surface area contributed by atoms with Crippen LogP contribution in [0.15, 0.2) is 72.8 Å². The lowest BCUT2D eigenvalue weighted by Crippen LogP contribution is -2.46. The Balaban J connectivity index is 1.33. The van der Waals surface area contributed by atoms with E-state index < -0.39 is 0 Å². The van der Waals surface area contributed by atoms with Gasteiger partial charge in [0, 0.05) is 63.5 Å². The maximum Gasteiger partial charge on any atom is 0.255 e. The van der Waals surface area contributed by atoms with Gasteiger partial charge in [0.2, 0.25) is 5.91 Å². The van der Waals surface area contributed by atoms with Crippen LogP contribution in [-0.2, 0) is 11.2 Å². The van der Waals surface area contributed by atoms with Crippen molar-refractivity contribution in [1.29, 1.82) is 0 Å². The summed E-state index contributed by atoms with van der Waals surface area (Å²) in [4.78, 5) is 45.5. The molecule has 3 aromatic carbocycles. The number of carbonyl (C=O) groups is 3. The summed E-state index contributed by atoms with van der Waals surface area (Å²) in [6.07, 6.45) is 1.13. The molecule has 0 spiro atoms. The second kappa shape index (κ2) is 13.3. The van der Waals surface area contributed by atoms with Gasteiger partial charge in [-0.05, 0) is 54.4 Å². The molecule has 3 aromatic rings. The predicted octanol–water partition coefficient (Wildman–Crippen LogP) is 3.27. The zero-order valence-corrected chi connectivity index (χ0v) is 23.5. The van der Waals surface area contributed by atoms with Gasteiger partial charge in [-0.3, -0.25) is 14.4 Å². The molecule has 2 aliphatic rings. The maximum atomic E-state index is 13.3. The molecule has 214 valence electrons. The Kier molecular flexibility index (Phi) is 9.15. The summed E-state index contributed by atoms with van der Waals surface area (Å²) in [5.74, 6) is 0.582. The number of piperazine rings is 1. The minimum absolute atomic E-state index is 0.0422. The fourth-order valence-corrected chi connectivity index (χ4v) is 5.32. The molecule has 2 saturated heterocycles. The van der Waals surface area contributed by atoms with Crippen molar-refractivity contribution in [3.8, 4) is 5.75 Å². The molecular formula is C32H37N5O4. The Labute approximate surface area is 241 Å². The van der Waals surface area contributed by atoms with E-state index in [0.717, 1.165) is 43.1 Å². The number of ether oxygens (including phenoxy) is 1. The third-order valence-electron chi connectivity index (χ3n) is 7.64. The van der Waals surface area contributed by atoms with Gasteiger partial charge in [-0.1, -0.05) is 30.3 Å². The third-order valence-corrected chi connectivity index (χ3v) is 7.64. The monoisotopic (exact) mass is 555 g/mol. The molecule has 2 fully saturated rings. The molecule has 3 amide bonds. The molecule has 2 heterocycles. The Morgan fingerprint density at radius 3 is 2.29 bits per heavy atom. The van der Waals surface area contributed by atoms with Crippen LogP contribution in [0.5, 0.6) is 5.75 Å². The zero-order valence-electron chi connectivity index (χ0n) is 23.5. The molecule has 5 rings (SSSR count). The number of nitrogens with one attached hydrogen (secondary N) is 2. The average molecular weight is 556 g/mol. The van der Waals surface area contributed by atoms with E-state index in [0.29, 0.717) is 56.0 Å². The van der Waals surface area contributed by atoms with Gasteiger partial charge in [0.05, 0.1) is 24.9 Å². The summed E-state index contributed by atoms with van der Waals surface area (Å²) in [6.45, 7) is 5.42. The lowest BCUT2D eigenvalue weighted by atomic mass is 10.1. The largest absolute Gasteiger partial charge is 0.497 e. The molecule has 0 bridgehead atoms. The smallest absolute Gasteiger partial charge is 0.255 e. The Morgan fingerprint density at radius 2 is 1.56 bits per heavy atom. The van der Waals surface area contributed by atoms with E-state index in [9.17, 15) is 14.4 Å². The number of nitrogens with zero attached hydrogens (tertiary/aromatic N) is 3. The molecule has 0 aromatic heterocycles. The first-order chi connectivity index (χ1) is 20.0. The van der Waals surface area contributed by atoms with E-state index in [1.165, 1.54) is 0 Å². The van der Waals surface area contributed by atoms with Crippen molar-refractivity contribution < 1.29 is 19.1 Å². The minimum atomic E-state index is -0.232. The van der Waals surface area contributed by atoms with Crippen LogP contribution in [0.3, 0.4) is 0 Å². The molecule has 9 heteroatoms. The minimum Gasteiger partial charge on any atom is -0.497 e. The molecule has 2 N–H and O–H groups in total. The first-order valence-corrected chi connectivity index (χ1v) is 14.2. The van der Waals surface area contributed by atoms with Gasteiger partial charge >= 0.3 is 0 Å². The molecule has 0 atom stereocenters. The number of rotatable bonds is 7. The van der Waals surface area contributed by atoms with Gasteiger partial charge in [-0.2, -0.15) is 0 Å². The summed E-state index contributed by atoms with van der Waals surface area (Å²) in [7, 11) is 1.62. The summed E-state index contributed by atoms with van der Waals surface area (Å²) in [6, 6.07) is 22.2. The lowest BCUT2D eigenvalue weighted by Gasteiger charge is -2.29. The van der Waals surface area contributed by atoms with Gasteiger partial charge in [-0.25, -0.2) is 0 Å². The normalized spacial score (nSPS) is 15.7. The van der Waals surface area contributed by atoms with Crippen LogP contribution in [0, 0.1) is 0 Å². The van der Waals surface area contributed by atoms with E-state index in [-0.39, 0.29) is 17.7 Å². The molecule has 0 radical (unpaired) electrons. The van der Waals surface area contributed by atoms with Crippen LogP contribution in [-0.4, -0.2) is 87.0 Å². The van der Waals surface area contributed by atoms with Crippen LogP contribution in [0.4, 0.5) is 11.4 Å². The van der Waals surface area contributed by atoms with Gasteiger partial charge in [-0.15, -0.1) is 0 Å². The highest BCUT2D eigenvalue weighted by Crippen LogP contribution is 2.30. The van der Waals surface area contributed by atoms with E-state index in [1.807, 2.05) is 64.4 Å². The second-order valence-corrected chi connectivity index (χ2v) is 10.3. The van der Waals surface area contributed by atoms with Crippen molar-refractivity contribution in [2.75, 3.05) is 69.7 Å². The fourth-order valence-electron chi connectivity index (χ4n) is 5.32. The van der Waals surface area contributed by atoms with Crippen molar-refractivity contribution in [1.82, 2.24) is 15.1 Å². The number of methoxy groups -OCH3 is 1. The number of benzene rings is 3. The zero-order chi connectivity index (χ0) is 28.6. The number of anilines is 2. The first kappa shape index (κ1) is 28.2. The van der Waals surface area contributed by atoms with Gasteiger partial charge < -0.3 is 30.1 Å². The topological polar surface area (TPSA) is 94.2 Å². The van der Waals surface area contributed by atoms with E-state index in [2.05, 4.69) is 15.5 Å². The molecule has 0 aliphatic carbocycles. The molecule has 2 aliphatic heterocycles. The highest BCUT2D eigenvalue weighted by Gasteiger charge is 2.24. The van der Waals surface area contributed by atoms with Crippen LogP contribution in [0.25, 0.3) is 0 Å². The molecular weight excluding hydrogens is 518 g/mol. The SMILES string of the molecule is COc1ccc(CC(=O)N2CCCN(c3ccc(C(=O)N4CCNCC4)cc3NC(=O)c3ccccc3)CC2)cc1. The number of amides is 3. The molecule has 41 heavy (non-hydrogen) atoms. The predicted molar refractivity (Wildman–Crippen MR) is 160 cm³/mol. The number of hydrogen-bond acceptors (Lipinski definition) is 6. The van der Waals surface area contributed by atoms with Crippen LogP contribution >= 0.6 is 0 Å². The van der Waals surface area contributed by atoms with Crippen molar-refractivity contribution in [3.05, 3.63) is 89.5 Å². The molecule has 0 unspecified atom stereocenters. The standard InChI is InChI=1S/C32H37N5O4/c1-41-27-11-8-24(9-12-27)22-30(38)36-17-5-16-35(20-21-36)29-13-10-26(32(40)37-18-14-33-15-19-37)23-28(29)34-31(39)25-6-3-2-4-7-25/h2-4,6-13,23,33H,5,14-22H2,1H3,(H,34,39). The number of hydrogen-bond donors (Lipinski definition) is 2. The highest BCUT2D eigenvalue weighted by molar-refractivity contribution is 6.07. The van der Waals surface area contributed by atoms with E-state index in [4.69, 9.17) is 4.74 Å². The van der Waals surface area contributed by atoms with Crippen molar-refractivity contribution in [3.63, 3.8) is 0 Å². The van der Waals surface area contributed by atoms with Crippen LogP contribution < -0.4 is 20.3 Å². The maximum absolute atomic E-state index is 13.3. The average Bonchev–Trinajstić information content (AvgIpc) is 3.28. The first-order valence-electron chi connectivity index (χ1n) is 14.2. The Hall–Kier alpha value is -4.37. The van der Waals surface area contributed by atoms with Crippen molar-refractivity contribution in [2.45, 2.75) is 12.8 Å². The Morgan fingerprint density at radius 1 is 0.805 bits per heavy atom. The highest BCUT2D eigenvalue weighted by atomic mass is 16.5. The van der Waals surface area contributed by atoms with Crippen LogP contribution in [0.1, 0.15) is 32.7 Å². The molecule has 0 saturated carbocycles. The van der Waals surface area contributed by atoms with Gasteiger partial charge in [0.15, 0.2) is 0 Å².